The Balaban J connectivity index is 2.40. The Bertz CT molecular complexity index is 613. The van der Waals surface area contributed by atoms with E-state index in [1.807, 2.05) is 12.1 Å². The molecule has 1 aromatic carbocycles. The van der Waals surface area contributed by atoms with Gasteiger partial charge >= 0.3 is 5.97 Å². The molecule has 0 saturated carbocycles. The Kier molecular flexibility index (Phi) is 5.64. The van der Waals surface area contributed by atoms with Crippen LogP contribution in [0.4, 0.5) is 0 Å². The van der Waals surface area contributed by atoms with Crippen LogP contribution in [-0.2, 0) is 11.3 Å². The van der Waals surface area contributed by atoms with E-state index in [4.69, 9.17) is 16.3 Å². The minimum atomic E-state index is -0.490. The molecular formula is C14H16ClN3O2S. The summed E-state index contributed by atoms with van der Waals surface area (Å²) in [6.07, 6.45) is 3.01. The number of benzene rings is 1. The predicted molar refractivity (Wildman–Crippen MR) is 84.8 cm³/mol. The van der Waals surface area contributed by atoms with Crippen LogP contribution in [0.3, 0.4) is 0 Å². The van der Waals surface area contributed by atoms with Crippen LogP contribution in [0.25, 0.3) is 11.3 Å². The van der Waals surface area contributed by atoms with Crippen molar-refractivity contribution < 1.29 is 9.53 Å². The molecule has 0 aliphatic rings. The molecule has 0 amide bonds. The van der Waals surface area contributed by atoms with E-state index in [0.717, 1.165) is 17.7 Å². The third-order valence-corrected chi connectivity index (χ3v) is 3.90. The molecular weight excluding hydrogens is 310 g/mol. The van der Waals surface area contributed by atoms with Gasteiger partial charge in [-0.3, -0.25) is 0 Å². The van der Waals surface area contributed by atoms with Gasteiger partial charge in [0, 0.05) is 17.1 Å². The number of carbonyl (C=O) groups excluding carboxylic acids is 1. The van der Waals surface area contributed by atoms with Gasteiger partial charge in [-0.2, -0.15) is 11.8 Å². The van der Waals surface area contributed by atoms with Crippen molar-refractivity contribution in [2.45, 2.75) is 13.0 Å². The van der Waals surface area contributed by atoms with E-state index in [2.05, 4.69) is 16.6 Å². The van der Waals surface area contributed by atoms with Crippen molar-refractivity contribution in [2.24, 2.45) is 0 Å². The average Bonchev–Trinajstić information content (AvgIpc) is 2.91. The van der Waals surface area contributed by atoms with Crippen LogP contribution in [0.5, 0.6) is 0 Å². The number of aromatic nitrogens is 3. The quantitative estimate of drug-likeness (QED) is 0.603. The molecule has 0 bridgehead atoms. The maximum absolute atomic E-state index is 11.8. The van der Waals surface area contributed by atoms with Gasteiger partial charge in [0.25, 0.3) is 0 Å². The number of hydrogen-bond donors (Lipinski definition) is 0. The van der Waals surface area contributed by atoms with Crippen LogP contribution in [0.2, 0.25) is 5.02 Å². The van der Waals surface area contributed by atoms with Gasteiger partial charge in [-0.05, 0) is 30.6 Å². The van der Waals surface area contributed by atoms with Crippen molar-refractivity contribution in [3.8, 4) is 11.3 Å². The Morgan fingerprint density at radius 1 is 1.38 bits per heavy atom. The molecule has 2 aromatic rings. The molecule has 2 rings (SSSR count). The summed E-state index contributed by atoms with van der Waals surface area (Å²) in [7, 11) is 1.33. The number of rotatable bonds is 6. The second kappa shape index (κ2) is 7.47. The van der Waals surface area contributed by atoms with E-state index in [-0.39, 0.29) is 5.69 Å². The smallest absolute Gasteiger partial charge is 0.360 e. The van der Waals surface area contributed by atoms with Crippen LogP contribution >= 0.6 is 23.4 Å². The first-order valence-corrected chi connectivity index (χ1v) is 8.21. The molecule has 5 nitrogen and oxygen atoms in total. The van der Waals surface area contributed by atoms with E-state index < -0.39 is 5.97 Å². The molecule has 0 atom stereocenters. The Morgan fingerprint density at radius 3 is 2.71 bits per heavy atom. The van der Waals surface area contributed by atoms with Gasteiger partial charge in [-0.1, -0.05) is 28.9 Å². The summed E-state index contributed by atoms with van der Waals surface area (Å²) in [5, 5.41) is 8.68. The topological polar surface area (TPSA) is 57.0 Å². The molecule has 1 aromatic heterocycles. The highest BCUT2D eigenvalue weighted by atomic mass is 35.5. The lowest BCUT2D eigenvalue weighted by atomic mass is 10.1. The fourth-order valence-corrected chi connectivity index (χ4v) is 2.50. The first-order chi connectivity index (χ1) is 10.2. The molecule has 0 aliphatic carbocycles. The van der Waals surface area contributed by atoms with Crippen LogP contribution in [-0.4, -0.2) is 40.1 Å². The minimum Gasteiger partial charge on any atom is -0.464 e. The zero-order valence-electron chi connectivity index (χ0n) is 11.9. The van der Waals surface area contributed by atoms with E-state index in [9.17, 15) is 4.79 Å². The molecule has 1 heterocycles. The zero-order chi connectivity index (χ0) is 15.2. The Hall–Kier alpha value is -1.53. The highest BCUT2D eigenvalue weighted by Gasteiger charge is 2.21. The summed E-state index contributed by atoms with van der Waals surface area (Å²) in [5.74, 6) is 0.532. The van der Waals surface area contributed by atoms with Gasteiger partial charge in [0.1, 0.15) is 5.69 Å². The molecule has 0 aliphatic heterocycles. The van der Waals surface area contributed by atoms with Gasteiger partial charge < -0.3 is 4.74 Å². The number of halogens is 1. The fraction of sp³-hybridized carbons (Fsp3) is 0.357. The Morgan fingerprint density at radius 2 is 2.10 bits per heavy atom. The molecule has 0 spiro atoms. The minimum absolute atomic E-state index is 0.226. The highest BCUT2D eigenvalue weighted by Crippen LogP contribution is 2.25. The van der Waals surface area contributed by atoms with Gasteiger partial charge in [-0.15, -0.1) is 5.10 Å². The summed E-state index contributed by atoms with van der Waals surface area (Å²) >= 11 is 7.68. The lowest BCUT2D eigenvalue weighted by Gasteiger charge is -2.07. The molecule has 0 fully saturated rings. The largest absolute Gasteiger partial charge is 0.464 e. The van der Waals surface area contributed by atoms with Crippen LogP contribution in [0.15, 0.2) is 24.3 Å². The van der Waals surface area contributed by atoms with Gasteiger partial charge in [0.2, 0.25) is 0 Å². The molecule has 21 heavy (non-hydrogen) atoms. The van der Waals surface area contributed by atoms with Crippen molar-refractivity contribution in [3.63, 3.8) is 0 Å². The van der Waals surface area contributed by atoms with Crippen molar-refractivity contribution in [1.82, 2.24) is 15.0 Å². The fourth-order valence-electron chi connectivity index (χ4n) is 1.96. The number of esters is 1. The highest BCUT2D eigenvalue weighted by molar-refractivity contribution is 7.98. The van der Waals surface area contributed by atoms with E-state index in [0.29, 0.717) is 17.3 Å². The summed E-state index contributed by atoms with van der Waals surface area (Å²) in [5.41, 5.74) is 1.73. The summed E-state index contributed by atoms with van der Waals surface area (Å²) in [4.78, 5) is 11.8. The van der Waals surface area contributed by atoms with Crippen LogP contribution in [0.1, 0.15) is 16.9 Å². The number of thioether (sulfide) groups is 1. The van der Waals surface area contributed by atoms with Crippen molar-refractivity contribution in [3.05, 3.63) is 35.0 Å². The standard InChI is InChI=1S/C14H16ClN3O2S/c1-20-14(19)12-13(10-4-6-11(15)7-5-10)18(17-16-12)8-3-9-21-2/h4-7H,3,8-9H2,1-2H3. The van der Waals surface area contributed by atoms with E-state index in [1.165, 1.54) is 7.11 Å². The van der Waals surface area contributed by atoms with Gasteiger partial charge in [0.15, 0.2) is 5.69 Å². The maximum Gasteiger partial charge on any atom is 0.360 e. The van der Waals surface area contributed by atoms with Gasteiger partial charge in [-0.25, -0.2) is 9.48 Å². The lowest BCUT2D eigenvalue weighted by Crippen LogP contribution is -2.07. The molecule has 0 unspecified atom stereocenters. The van der Waals surface area contributed by atoms with E-state index in [1.54, 1.807) is 28.6 Å². The average molecular weight is 326 g/mol. The van der Waals surface area contributed by atoms with E-state index >= 15 is 0 Å². The predicted octanol–water partition coefficient (Wildman–Crippen LogP) is 3.14. The van der Waals surface area contributed by atoms with Crippen molar-refractivity contribution in [1.29, 1.82) is 0 Å². The SMILES string of the molecule is COC(=O)c1nnn(CCCSC)c1-c1ccc(Cl)cc1. The number of ether oxygens (including phenoxy) is 1. The molecule has 0 saturated heterocycles. The second-order valence-electron chi connectivity index (χ2n) is 4.35. The van der Waals surface area contributed by atoms with Crippen molar-refractivity contribution >= 4 is 29.3 Å². The number of carbonyl (C=O) groups is 1. The molecule has 0 N–H and O–H groups in total. The maximum atomic E-state index is 11.8. The third-order valence-electron chi connectivity index (χ3n) is 2.95. The third kappa shape index (κ3) is 3.77. The number of methoxy groups -OCH3 is 1. The molecule has 112 valence electrons. The normalized spacial score (nSPS) is 10.6. The van der Waals surface area contributed by atoms with Gasteiger partial charge in [0.05, 0.1) is 7.11 Å². The first kappa shape index (κ1) is 15.9. The second-order valence-corrected chi connectivity index (χ2v) is 5.78. The van der Waals surface area contributed by atoms with Crippen LogP contribution < -0.4 is 0 Å². The summed E-state index contributed by atoms with van der Waals surface area (Å²) in [6, 6.07) is 7.24. The molecule has 0 radical (unpaired) electrons. The Labute approximate surface area is 132 Å². The first-order valence-electron chi connectivity index (χ1n) is 6.44. The number of aryl methyl sites for hydroxylation is 1. The van der Waals surface area contributed by atoms with Crippen LogP contribution in [0, 0.1) is 0 Å². The lowest BCUT2D eigenvalue weighted by molar-refractivity contribution is 0.0595. The monoisotopic (exact) mass is 325 g/mol. The number of nitrogens with zero attached hydrogens (tertiary/aromatic N) is 3. The van der Waals surface area contributed by atoms with Crippen molar-refractivity contribution in [2.75, 3.05) is 19.1 Å². The summed E-state index contributed by atoms with van der Waals surface area (Å²) in [6.45, 7) is 0.697. The summed E-state index contributed by atoms with van der Waals surface area (Å²) < 4.78 is 6.52. The molecule has 7 heteroatoms. The number of hydrogen-bond acceptors (Lipinski definition) is 5. The zero-order valence-corrected chi connectivity index (χ0v) is 13.4.